The number of fused-ring (bicyclic) bond motifs is 2. The average Bonchev–Trinajstić information content (AvgIpc) is 2.86. The van der Waals surface area contributed by atoms with Gasteiger partial charge in [0.2, 0.25) is 0 Å². The summed E-state index contributed by atoms with van der Waals surface area (Å²) >= 11 is 0. The van der Waals surface area contributed by atoms with Gasteiger partial charge in [-0.25, -0.2) is 0 Å². The van der Waals surface area contributed by atoms with E-state index >= 15 is 0 Å². The van der Waals surface area contributed by atoms with Gasteiger partial charge in [0.25, 0.3) is 0 Å². The first kappa shape index (κ1) is 18.9. The predicted octanol–water partition coefficient (Wildman–Crippen LogP) is 5.03. The molecular weight excluding hydrogens is 306 g/mol. The van der Waals surface area contributed by atoms with Crippen LogP contribution in [-0.4, -0.2) is 37.7 Å². The standard InChI is InChI=1S/C23H37NO/c1-18(16-24(5)6)17-25-23(14-19-10-8-7-9-11-19)15-20-12-13-22(23,4)21(20,2)3/h7-11,18,20H,12-17H2,1-6H3. The zero-order valence-corrected chi connectivity index (χ0v) is 17.1. The maximum atomic E-state index is 6.90. The first-order valence-corrected chi connectivity index (χ1v) is 10.0. The van der Waals surface area contributed by atoms with Crippen LogP contribution in [0.3, 0.4) is 0 Å². The Balaban J connectivity index is 1.85. The van der Waals surface area contributed by atoms with Crippen molar-refractivity contribution in [1.29, 1.82) is 0 Å². The normalized spacial score (nSPS) is 34.6. The van der Waals surface area contributed by atoms with E-state index in [1.165, 1.54) is 24.8 Å². The molecule has 1 aromatic rings. The van der Waals surface area contributed by atoms with E-state index in [0.717, 1.165) is 25.5 Å². The zero-order chi connectivity index (χ0) is 18.3. The fourth-order valence-electron chi connectivity index (χ4n) is 5.83. The smallest absolute Gasteiger partial charge is 0.0784 e. The molecule has 0 heterocycles. The summed E-state index contributed by atoms with van der Waals surface area (Å²) in [5.41, 5.74) is 2.04. The molecule has 4 unspecified atom stereocenters. The molecule has 0 N–H and O–H groups in total. The van der Waals surface area contributed by atoms with Crippen molar-refractivity contribution in [2.45, 2.75) is 59.0 Å². The molecular formula is C23H37NO. The Bertz CT molecular complexity index is 581. The summed E-state index contributed by atoms with van der Waals surface area (Å²) in [7, 11) is 4.30. The number of hydrogen-bond acceptors (Lipinski definition) is 2. The maximum absolute atomic E-state index is 6.90. The van der Waals surface area contributed by atoms with Crippen LogP contribution in [0.4, 0.5) is 0 Å². The number of nitrogens with zero attached hydrogens (tertiary/aromatic N) is 1. The van der Waals surface area contributed by atoms with Gasteiger partial charge in [0.05, 0.1) is 12.2 Å². The minimum absolute atomic E-state index is 0.0126. The summed E-state index contributed by atoms with van der Waals surface area (Å²) in [5, 5.41) is 0. The molecule has 140 valence electrons. The van der Waals surface area contributed by atoms with E-state index < -0.39 is 0 Å². The van der Waals surface area contributed by atoms with Crippen LogP contribution < -0.4 is 0 Å². The average molecular weight is 344 g/mol. The van der Waals surface area contributed by atoms with Crippen molar-refractivity contribution in [2.75, 3.05) is 27.2 Å². The van der Waals surface area contributed by atoms with E-state index in [4.69, 9.17) is 4.74 Å². The van der Waals surface area contributed by atoms with Crippen LogP contribution in [0.5, 0.6) is 0 Å². The number of rotatable bonds is 7. The second-order valence-corrected chi connectivity index (χ2v) is 9.83. The van der Waals surface area contributed by atoms with Crippen molar-refractivity contribution >= 4 is 0 Å². The maximum Gasteiger partial charge on any atom is 0.0784 e. The van der Waals surface area contributed by atoms with Crippen molar-refractivity contribution in [3.8, 4) is 0 Å². The summed E-state index contributed by atoms with van der Waals surface area (Å²) in [6.45, 7) is 11.8. The Labute approximate surface area is 154 Å². The lowest BCUT2D eigenvalue weighted by Crippen LogP contribution is -2.51. The van der Waals surface area contributed by atoms with Gasteiger partial charge < -0.3 is 9.64 Å². The highest BCUT2D eigenvalue weighted by Gasteiger charge is 2.69. The van der Waals surface area contributed by atoms with Gasteiger partial charge in [-0.3, -0.25) is 0 Å². The van der Waals surface area contributed by atoms with E-state index in [2.05, 4.69) is 77.0 Å². The lowest BCUT2D eigenvalue weighted by atomic mass is 9.62. The third-order valence-corrected chi connectivity index (χ3v) is 7.67. The van der Waals surface area contributed by atoms with Crippen LogP contribution in [0.25, 0.3) is 0 Å². The molecule has 3 rings (SSSR count). The molecule has 0 spiro atoms. The molecule has 2 aliphatic rings. The quantitative estimate of drug-likeness (QED) is 0.688. The summed E-state index contributed by atoms with van der Waals surface area (Å²) in [4.78, 5) is 2.27. The number of ether oxygens (including phenoxy) is 1. The molecule has 2 bridgehead atoms. The van der Waals surface area contributed by atoms with Gasteiger partial charge in [-0.15, -0.1) is 0 Å². The molecule has 2 saturated carbocycles. The van der Waals surface area contributed by atoms with Crippen LogP contribution in [-0.2, 0) is 11.2 Å². The Kier molecular flexibility index (Phi) is 5.07. The minimum Gasteiger partial charge on any atom is -0.374 e. The van der Waals surface area contributed by atoms with Crippen molar-refractivity contribution in [1.82, 2.24) is 4.90 Å². The van der Waals surface area contributed by atoms with E-state index in [9.17, 15) is 0 Å². The van der Waals surface area contributed by atoms with Crippen LogP contribution in [0, 0.1) is 22.7 Å². The van der Waals surface area contributed by atoms with Crippen LogP contribution in [0.15, 0.2) is 30.3 Å². The molecule has 0 aromatic heterocycles. The third kappa shape index (κ3) is 3.17. The SMILES string of the molecule is CC(COC1(Cc2ccccc2)CC2CCC1(C)C2(C)C)CN(C)C. The van der Waals surface area contributed by atoms with Crippen molar-refractivity contribution in [3.05, 3.63) is 35.9 Å². The highest BCUT2D eigenvalue weighted by molar-refractivity contribution is 5.25. The summed E-state index contributed by atoms with van der Waals surface area (Å²) in [6.07, 6.45) is 4.95. The summed E-state index contributed by atoms with van der Waals surface area (Å²) < 4.78 is 6.90. The van der Waals surface area contributed by atoms with Crippen LogP contribution in [0.1, 0.15) is 52.5 Å². The molecule has 2 heteroatoms. The fourth-order valence-corrected chi connectivity index (χ4v) is 5.83. The third-order valence-electron chi connectivity index (χ3n) is 7.67. The first-order valence-electron chi connectivity index (χ1n) is 10.0. The monoisotopic (exact) mass is 343 g/mol. The topological polar surface area (TPSA) is 12.5 Å². The molecule has 2 aliphatic carbocycles. The molecule has 0 radical (unpaired) electrons. The van der Waals surface area contributed by atoms with Crippen molar-refractivity contribution in [3.63, 3.8) is 0 Å². The molecule has 0 saturated heterocycles. The van der Waals surface area contributed by atoms with Crippen LogP contribution in [0.2, 0.25) is 0 Å². The predicted molar refractivity (Wildman–Crippen MR) is 106 cm³/mol. The molecule has 0 aliphatic heterocycles. The van der Waals surface area contributed by atoms with Crippen molar-refractivity contribution in [2.24, 2.45) is 22.7 Å². The fraction of sp³-hybridized carbons (Fsp3) is 0.739. The van der Waals surface area contributed by atoms with Gasteiger partial charge in [0, 0.05) is 18.4 Å². The highest BCUT2D eigenvalue weighted by Crippen LogP contribution is 2.71. The minimum atomic E-state index is -0.0126. The Morgan fingerprint density at radius 2 is 1.84 bits per heavy atom. The van der Waals surface area contributed by atoms with Gasteiger partial charge >= 0.3 is 0 Å². The second kappa shape index (κ2) is 6.70. The Morgan fingerprint density at radius 1 is 1.16 bits per heavy atom. The molecule has 1 aromatic carbocycles. The van der Waals surface area contributed by atoms with Crippen molar-refractivity contribution < 1.29 is 4.74 Å². The first-order chi connectivity index (χ1) is 11.7. The van der Waals surface area contributed by atoms with Gasteiger partial charge in [0.1, 0.15) is 0 Å². The Hall–Kier alpha value is -0.860. The van der Waals surface area contributed by atoms with E-state index in [-0.39, 0.29) is 11.0 Å². The summed E-state index contributed by atoms with van der Waals surface area (Å²) in [6, 6.07) is 11.0. The molecule has 0 amide bonds. The molecule has 4 atom stereocenters. The number of hydrogen-bond donors (Lipinski definition) is 0. The molecule has 2 nitrogen and oxygen atoms in total. The lowest BCUT2D eigenvalue weighted by Gasteiger charge is -2.49. The van der Waals surface area contributed by atoms with E-state index in [1.807, 2.05) is 0 Å². The van der Waals surface area contributed by atoms with E-state index in [0.29, 0.717) is 11.3 Å². The van der Waals surface area contributed by atoms with Crippen LogP contribution >= 0.6 is 0 Å². The van der Waals surface area contributed by atoms with Gasteiger partial charge in [-0.2, -0.15) is 0 Å². The lowest BCUT2D eigenvalue weighted by molar-refractivity contribution is -0.146. The van der Waals surface area contributed by atoms with Gasteiger partial charge in [0.15, 0.2) is 0 Å². The largest absolute Gasteiger partial charge is 0.374 e. The molecule has 2 fully saturated rings. The highest BCUT2D eigenvalue weighted by atomic mass is 16.5. The molecule has 25 heavy (non-hydrogen) atoms. The Morgan fingerprint density at radius 3 is 2.36 bits per heavy atom. The van der Waals surface area contributed by atoms with Gasteiger partial charge in [-0.05, 0) is 56.2 Å². The number of benzene rings is 1. The van der Waals surface area contributed by atoms with E-state index in [1.54, 1.807) is 0 Å². The van der Waals surface area contributed by atoms with Gasteiger partial charge in [-0.1, -0.05) is 58.0 Å². The zero-order valence-electron chi connectivity index (χ0n) is 17.1. The summed E-state index contributed by atoms with van der Waals surface area (Å²) in [5.74, 6) is 1.36. The second-order valence-electron chi connectivity index (χ2n) is 9.83.